The Labute approximate surface area is 96.2 Å². The highest BCUT2D eigenvalue weighted by molar-refractivity contribution is 9.10. The number of aromatic amines is 1. The first-order chi connectivity index (χ1) is 7.39. The topological polar surface area (TPSA) is 32.9 Å². The zero-order valence-corrected chi connectivity index (χ0v) is 9.32. The Hall–Kier alpha value is -1.30. The van der Waals surface area contributed by atoms with Gasteiger partial charge in [-0.3, -0.25) is 4.79 Å². The van der Waals surface area contributed by atoms with Crippen molar-refractivity contribution in [1.29, 1.82) is 0 Å². The molecule has 0 saturated heterocycles. The van der Waals surface area contributed by atoms with E-state index in [2.05, 4.69) is 20.9 Å². The zero-order valence-electron chi connectivity index (χ0n) is 7.73. The molecule has 0 bridgehead atoms. The second-order valence-electron chi connectivity index (χ2n) is 3.22. The fraction of sp³-hybridized carbons (Fsp3) is 0.100. The van der Waals surface area contributed by atoms with Gasteiger partial charge in [0.25, 0.3) is 5.56 Å². The van der Waals surface area contributed by atoms with Crippen molar-refractivity contribution in [2.24, 2.45) is 0 Å². The number of aromatic nitrogens is 1. The van der Waals surface area contributed by atoms with Gasteiger partial charge in [0.15, 0.2) is 0 Å². The van der Waals surface area contributed by atoms with E-state index in [4.69, 9.17) is 0 Å². The number of H-pyrrole nitrogens is 1. The maximum atomic E-state index is 12.5. The van der Waals surface area contributed by atoms with Crippen molar-refractivity contribution in [1.82, 2.24) is 4.98 Å². The Bertz CT molecular complexity index is 603. The minimum atomic E-state index is -4.46. The van der Waals surface area contributed by atoms with Gasteiger partial charge in [0, 0.05) is 21.4 Å². The summed E-state index contributed by atoms with van der Waals surface area (Å²) >= 11 is 3.02. The molecule has 0 amide bonds. The molecule has 1 N–H and O–H groups in total. The van der Waals surface area contributed by atoms with E-state index in [-0.39, 0.29) is 9.86 Å². The van der Waals surface area contributed by atoms with Crippen LogP contribution in [0.3, 0.4) is 0 Å². The van der Waals surface area contributed by atoms with Crippen LogP contribution in [0.25, 0.3) is 10.8 Å². The van der Waals surface area contributed by atoms with Gasteiger partial charge < -0.3 is 4.98 Å². The Balaban J connectivity index is 2.86. The molecule has 0 fully saturated rings. The largest absolute Gasteiger partial charge is 0.416 e. The Morgan fingerprint density at radius 1 is 1.19 bits per heavy atom. The standard InChI is InChI=1S/C10H5BrF3NO/c11-8-4-5(10(12,13)14)3-7-6(8)1-2-15-9(7)16/h1-4H,(H,15,16). The molecule has 1 aromatic carbocycles. The minimum absolute atomic E-state index is 0.0178. The molecule has 2 nitrogen and oxygen atoms in total. The van der Waals surface area contributed by atoms with E-state index in [1.807, 2.05) is 0 Å². The van der Waals surface area contributed by atoms with Crippen molar-refractivity contribution in [3.63, 3.8) is 0 Å². The lowest BCUT2D eigenvalue weighted by Crippen LogP contribution is -2.09. The maximum absolute atomic E-state index is 12.5. The summed E-state index contributed by atoms with van der Waals surface area (Å²) in [4.78, 5) is 13.7. The van der Waals surface area contributed by atoms with Gasteiger partial charge in [0.1, 0.15) is 0 Å². The van der Waals surface area contributed by atoms with Crippen LogP contribution in [0.1, 0.15) is 5.56 Å². The van der Waals surface area contributed by atoms with Crippen LogP contribution in [0, 0.1) is 0 Å². The van der Waals surface area contributed by atoms with Gasteiger partial charge in [-0.1, -0.05) is 15.9 Å². The average Bonchev–Trinajstić information content (AvgIpc) is 2.18. The molecule has 0 saturated carbocycles. The normalized spacial score (nSPS) is 12.0. The third-order valence-electron chi connectivity index (χ3n) is 2.17. The molecular formula is C10H5BrF3NO. The highest BCUT2D eigenvalue weighted by Gasteiger charge is 2.31. The fourth-order valence-electron chi connectivity index (χ4n) is 1.42. The van der Waals surface area contributed by atoms with Crippen LogP contribution in [0.15, 0.2) is 33.7 Å². The molecule has 0 atom stereocenters. The van der Waals surface area contributed by atoms with Gasteiger partial charge in [0.05, 0.1) is 5.56 Å². The summed E-state index contributed by atoms with van der Waals surface area (Å²) in [6.45, 7) is 0. The molecular weight excluding hydrogens is 287 g/mol. The molecule has 0 aliphatic carbocycles. The van der Waals surface area contributed by atoms with Crippen LogP contribution >= 0.6 is 15.9 Å². The van der Waals surface area contributed by atoms with Gasteiger partial charge >= 0.3 is 6.18 Å². The van der Waals surface area contributed by atoms with Crippen molar-refractivity contribution < 1.29 is 13.2 Å². The van der Waals surface area contributed by atoms with Crippen LogP contribution in [0.5, 0.6) is 0 Å². The van der Waals surface area contributed by atoms with E-state index in [0.29, 0.717) is 5.39 Å². The van der Waals surface area contributed by atoms with Crippen molar-refractivity contribution in [2.75, 3.05) is 0 Å². The number of hydrogen-bond donors (Lipinski definition) is 1. The van der Waals surface area contributed by atoms with Crippen LogP contribution in [0.2, 0.25) is 0 Å². The summed E-state index contributed by atoms with van der Waals surface area (Å²) < 4.78 is 37.7. The molecule has 0 aliphatic rings. The Kier molecular flexibility index (Phi) is 2.53. The molecule has 0 spiro atoms. The highest BCUT2D eigenvalue weighted by Crippen LogP contribution is 2.34. The number of alkyl halides is 3. The first kappa shape index (κ1) is 11.2. The summed E-state index contributed by atoms with van der Waals surface area (Å²) in [7, 11) is 0. The molecule has 0 unspecified atom stereocenters. The second kappa shape index (κ2) is 3.62. The summed E-state index contributed by atoms with van der Waals surface area (Å²) in [5.74, 6) is 0. The van der Waals surface area contributed by atoms with Gasteiger partial charge in [-0.25, -0.2) is 0 Å². The monoisotopic (exact) mass is 291 g/mol. The highest BCUT2D eigenvalue weighted by atomic mass is 79.9. The van der Waals surface area contributed by atoms with E-state index in [1.165, 1.54) is 6.20 Å². The first-order valence-electron chi connectivity index (χ1n) is 4.28. The van der Waals surface area contributed by atoms with Gasteiger partial charge in [0.2, 0.25) is 0 Å². The van der Waals surface area contributed by atoms with Crippen LogP contribution in [0.4, 0.5) is 13.2 Å². The van der Waals surface area contributed by atoms with Crippen molar-refractivity contribution in [2.45, 2.75) is 6.18 Å². The third-order valence-corrected chi connectivity index (χ3v) is 2.82. The number of nitrogens with one attached hydrogen (secondary N) is 1. The third kappa shape index (κ3) is 1.84. The molecule has 84 valence electrons. The van der Waals surface area contributed by atoms with Gasteiger partial charge in [-0.2, -0.15) is 13.2 Å². The zero-order chi connectivity index (χ0) is 11.9. The lowest BCUT2D eigenvalue weighted by atomic mass is 10.1. The predicted octanol–water partition coefficient (Wildman–Crippen LogP) is 3.31. The van der Waals surface area contributed by atoms with Gasteiger partial charge in [-0.15, -0.1) is 0 Å². The first-order valence-corrected chi connectivity index (χ1v) is 5.07. The number of fused-ring (bicyclic) bond motifs is 1. The van der Waals surface area contributed by atoms with E-state index in [1.54, 1.807) is 6.07 Å². The molecule has 0 aliphatic heterocycles. The summed E-state index contributed by atoms with van der Waals surface area (Å²) in [6, 6.07) is 3.35. The smallest absolute Gasteiger partial charge is 0.329 e. The van der Waals surface area contributed by atoms with Gasteiger partial charge in [-0.05, 0) is 18.2 Å². The van der Waals surface area contributed by atoms with E-state index < -0.39 is 17.3 Å². The van der Waals surface area contributed by atoms with Crippen molar-refractivity contribution in [3.05, 3.63) is 44.8 Å². The van der Waals surface area contributed by atoms with Crippen LogP contribution in [-0.4, -0.2) is 4.98 Å². The van der Waals surface area contributed by atoms with E-state index in [0.717, 1.165) is 12.1 Å². The molecule has 1 heterocycles. The predicted molar refractivity (Wildman–Crippen MR) is 57.3 cm³/mol. The van der Waals surface area contributed by atoms with Crippen LogP contribution in [-0.2, 0) is 6.18 Å². The fourth-order valence-corrected chi connectivity index (χ4v) is 2.01. The van der Waals surface area contributed by atoms with E-state index in [9.17, 15) is 18.0 Å². The molecule has 16 heavy (non-hydrogen) atoms. The molecule has 1 aromatic heterocycles. The van der Waals surface area contributed by atoms with Crippen LogP contribution < -0.4 is 5.56 Å². The average molecular weight is 292 g/mol. The second-order valence-corrected chi connectivity index (χ2v) is 4.08. The molecule has 2 rings (SSSR count). The number of hydrogen-bond acceptors (Lipinski definition) is 1. The SMILES string of the molecule is O=c1[nH]ccc2c(Br)cc(C(F)(F)F)cc12. The van der Waals surface area contributed by atoms with Crippen molar-refractivity contribution in [3.8, 4) is 0 Å². The summed E-state index contributed by atoms with van der Waals surface area (Å²) in [6.07, 6.45) is -3.07. The van der Waals surface area contributed by atoms with Crippen molar-refractivity contribution >= 4 is 26.7 Å². The Morgan fingerprint density at radius 3 is 2.50 bits per heavy atom. The molecule has 6 heteroatoms. The summed E-state index contributed by atoms with van der Waals surface area (Å²) in [5.41, 5.74) is -1.38. The van der Waals surface area contributed by atoms with E-state index >= 15 is 0 Å². The lowest BCUT2D eigenvalue weighted by Gasteiger charge is -2.08. The quantitative estimate of drug-likeness (QED) is 0.794. The number of rotatable bonds is 0. The molecule has 0 radical (unpaired) electrons. The maximum Gasteiger partial charge on any atom is 0.416 e. The number of halogens is 4. The minimum Gasteiger partial charge on any atom is -0.329 e. The molecule has 2 aromatic rings. The lowest BCUT2D eigenvalue weighted by molar-refractivity contribution is -0.137. The summed E-state index contributed by atoms with van der Waals surface area (Å²) in [5, 5.41) is 0.473. The number of benzene rings is 1. The number of pyridine rings is 1. The Morgan fingerprint density at radius 2 is 1.88 bits per heavy atom.